The molecule has 0 atom stereocenters. The Morgan fingerprint density at radius 1 is 1.05 bits per heavy atom. The first kappa shape index (κ1) is 13.2. The van der Waals surface area contributed by atoms with Gasteiger partial charge in [-0.3, -0.25) is 4.79 Å². The van der Waals surface area contributed by atoms with Crippen molar-refractivity contribution in [2.45, 2.75) is 13.8 Å². The van der Waals surface area contributed by atoms with Gasteiger partial charge in [0.1, 0.15) is 11.6 Å². The molecule has 0 unspecified atom stereocenters. The zero-order valence-electron chi connectivity index (χ0n) is 10.6. The molecule has 0 amide bonds. The SMILES string of the molecule is Cc1cc(F)c(C(=O)c2cccc(N)c2C)cc1F. The summed E-state index contributed by atoms with van der Waals surface area (Å²) in [4.78, 5) is 12.2. The topological polar surface area (TPSA) is 43.1 Å². The number of carbonyl (C=O) groups excluding carboxylic acids is 1. The Bertz CT molecular complexity index is 665. The number of hydrogen-bond acceptors (Lipinski definition) is 2. The quantitative estimate of drug-likeness (QED) is 0.665. The number of hydrogen-bond donors (Lipinski definition) is 1. The summed E-state index contributed by atoms with van der Waals surface area (Å²) in [5.41, 5.74) is 6.88. The molecule has 2 nitrogen and oxygen atoms in total. The summed E-state index contributed by atoms with van der Waals surface area (Å²) in [6, 6.07) is 6.75. The third-order valence-electron chi connectivity index (χ3n) is 3.11. The average Bonchev–Trinajstić information content (AvgIpc) is 2.36. The van der Waals surface area contributed by atoms with E-state index in [9.17, 15) is 13.6 Å². The highest BCUT2D eigenvalue weighted by atomic mass is 19.1. The maximum atomic E-state index is 13.8. The molecular formula is C15H13F2NO. The highest BCUT2D eigenvalue weighted by Crippen LogP contribution is 2.22. The van der Waals surface area contributed by atoms with Crippen LogP contribution >= 0.6 is 0 Å². The minimum absolute atomic E-state index is 0.165. The van der Waals surface area contributed by atoms with Crippen molar-refractivity contribution in [2.24, 2.45) is 0 Å². The second-order valence-electron chi connectivity index (χ2n) is 4.43. The smallest absolute Gasteiger partial charge is 0.196 e. The molecule has 2 N–H and O–H groups in total. The molecule has 0 heterocycles. The van der Waals surface area contributed by atoms with Gasteiger partial charge in [-0.2, -0.15) is 0 Å². The number of nitrogen functional groups attached to an aromatic ring is 1. The standard InChI is InChI=1S/C15H13F2NO/c1-8-6-13(17)11(7-12(8)16)15(19)10-4-3-5-14(18)9(10)2/h3-7H,18H2,1-2H3. The normalized spacial score (nSPS) is 10.5. The van der Waals surface area contributed by atoms with Gasteiger partial charge >= 0.3 is 0 Å². The molecule has 0 aromatic heterocycles. The van der Waals surface area contributed by atoms with Crippen LogP contribution in [0.15, 0.2) is 30.3 Å². The minimum atomic E-state index is -0.731. The molecule has 4 heteroatoms. The van der Waals surface area contributed by atoms with E-state index in [-0.39, 0.29) is 16.7 Å². The molecule has 0 spiro atoms. The fourth-order valence-electron chi connectivity index (χ4n) is 1.86. The van der Waals surface area contributed by atoms with Crippen LogP contribution in [-0.2, 0) is 0 Å². The average molecular weight is 261 g/mol. The molecular weight excluding hydrogens is 248 g/mol. The molecule has 2 aromatic rings. The van der Waals surface area contributed by atoms with Crippen molar-refractivity contribution >= 4 is 11.5 Å². The number of carbonyl (C=O) groups is 1. The molecule has 98 valence electrons. The Balaban J connectivity index is 2.56. The van der Waals surface area contributed by atoms with Crippen LogP contribution in [0.3, 0.4) is 0 Å². The highest BCUT2D eigenvalue weighted by molar-refractivity contribution is 6.10. The van der Waals surface area contributed by atoms with Crippen LogP contribution < -0.4 is 5.73 Å². The number of benzene rings is 2. The van der Waals surface area contributed by atoms with E-state index in [0.29, 0.717) is 11.3 Å². The van der Waals surface area contributed by atoms with Gasteiger partial charge in [-0.25, -0.2) is 8.78 Å². The third-order valence-corrected chi connectivity index (χ3v) is 3.11. The van der Waals surface area contributed by atoms with Crippen LogP contribution in [0.1, 0.15) is 27.0 Å². The Kier molecular flexibility index (Phi) is 3.34. The van der Waals surface area contributed by atoms with Crippen molar-refractivity contribution in [1.82, 2.24) is 0 Å². The summed E-state index contributed by atoms with van der Waals surface area (Å²) in [5, 5.41) is 0. The predicted octanol–water partition coefficient (Wildman–Crippen LogP) is 3.39. The lowest BCUT2D eigenvalue weighted by Crippen LogP contribution is -2.09. The molecule has 0 radical (unpaired) electrons. The molecule has 0 aliphatic rings. The van der Waals surface area contributed by atoms with Gasteiger partial charge in [0.05, 0.1) is 5.56 Å². The van der Waals surface area contributed by atoms with E-state index in [4.69, 9.17) is 5.73 Å². The van der Waals surface area contributed by atoms with Crippen LogP contribution in [0.4, 0.5) is 14.5 Å². The van der Waals surface area contributed by atoms with Gasteiger partial charge in [-0.05, 0) is 43.2 Å². The molecule has 0 bridgehead atoms. The van der Waals surface area contributed by atoms with E-state index in [1.54, 1.807) is 25.1 Å². The first-order valence-corrected chi connectivity index (χ1v) is 5.77. The zero-order chi connectivity index (χ0) is 14.2. The molecule has 0 saturated carbocycles. The summed E-state index contributed by atoms with van der Waals surface area (Å²) < 4.78 is 27.3. The van der Waals surface area contributed by atoms with Gasteiger partial charge in [0, 0.05) is 11.3 Å². The van der Waals surface area contributed by atoms with Crippen molar-refractivity contribution in [3.05, 3.63) is 64.2 Å². The second-order valence-corrected chi connectivity index (χ2v) is 4.43. The van der Waals surface area contributed by atoms with Crippen LogP contribution in [-0.4, -0.2) is 5.78 Å². The van der Waals surface area contributed by atoms with Crippen LogP contribution in [0.5, 0.6) is 0 Å². The van der Waals surface area contributed by atoms with Gasteiger partial charge in [-0.1, -0.05) is 12.1 Å². The van der Waals surface area contributed by atoms with Gasteiger partial charge in [-0.15, -0.1) is 0 Å². The predicted molar refractivity (Wildman–Crippen MR) is 70.1 cm³/mol. The first-order valence-electron chi connectivity index (χ1n) is 5.77. The Morgan fingerprint density at radius 3 is 2.42 bits per heavy atom. The summed E-state index contributed by atoms with van der Waals surface area (Å²) >= 11 is 0. The first-order chi connectivity index (χ1) is 8.91. The Labute approximate surface area is 109 Å². The number of halogens is 2. The lowest BCUT2D eigenvalue weighted by molar-refractivity contribution is 0.103. The Hall–Kier alpha value is -2.23. The summed E-state index contributed by atoms with van der Waals surface area (Å²) in [7, 11) is 0. The van der Waals surface area contributed by atoms with E-state index < -0.39 is 17.4 Å². The fourth-order valence-corrected chi connectivity index (χ4v) is 1.86. The van der Waals surface area contributed by atoms with Crippen LogP contribution in [0, 0.1) is 25.5 Å². The number of anilines is 1. The van der Waals surface area contributed by atoms with E-state index in [2.05, 4.69) is 0 Å². The lowest BCUT2D eigenvalue weighted by atomic mass is 9.97. The largest absolute Gasteiger partial charge is 0.398 e. The van der Waals surface area contributed by atoms with Crippen molar-refractivity contribution in [3.8, 4) is 0 Å². The molecule has 0 aliphatic carbocycles. The van der Waals surface area contributed by atoms with Crippen molar-refractivity contribution in [3.63, 3.8) is 0 Å². The molecule has 19 heavy (non-hydrogen) atoms. The van der Waals surface area contributed by atoms with Gasteiger partial charge in [0.15, 0.2) is 5.78 Å². The summed E-state index contributed by atoms with van der Waals surface area (Å²) in [5.74, 6) is -1.90. The highest BCUT2D eigenvalue weighted by Gasteiger charge is 2.18. The molecule has 0 aliphatic heterocycles. The zero-order valence-corrected chi connectivity index (χ0v) is 10.6. The molecule has 0 saturated heterocycles. The lowest BCUT2D eigenvalue weighted by Gasteiger charge is -2.09. The Morgan fingerprint density at radius 2 is 1.74 bits per heavy atom. The van der Waals surface area contributed by atoms with Crippen LogP contribution in [0.25, 0.3) is 0 Å². The number of rotatable bonds is 2. The molecule has 2 rings (SSSR count). The maximum Gasteiger partial charge on any atom is 0.196 e. The second kappa shape index (κ2) is 4.80. The summed E-state index contributed by atoms with van der Waals surface area (Å²) in [6.45, 7) is 3.11. The van der Waals surface area contributed by atoms with E-state index in [1.807, 2.05) is 0 Å². The van der Waals surface area contributed by atoms with Crippen molar-refractivity contribution in [1.29, 1.82) is 0 Å². The monoisotopic (exact) mass is 261 g/mol. The number of nitrogens with two attached hydrogens (primary N) is 1. The van der Waals surface area contributed by atoms with Crippen molar-refractivity contribution < 1.29 is 13.6 Å². The maximum absolute atomic E-state index is 13.8. The minimum Gasteiger partial charge on any atom is -0.398 e. The number of ketones is 1. The fraction of sp³-hybridized carbons (Fsp3) is 0.133. The number of aryl methyl sites for hydroxylation is 1. The van der Waals surface area contributed by atoms with Gasteiger partial charge < -0.3 is 5.73 Å². The third kappa shape index (κ3) is 2.34. The van der Waals surface area contributed by atoms with Crippen molar-refractivity contribution in [2.75, 3.05) is 5.73 Å². The molecule has 2 aromatic carbocycles. The van der Waals surface area contributed by atoms with E-state index in [1.165, 1.54) is 6.92 Å². The van der Waals surface area contributed by atoms with Gasteiger partial charge in [0.2, 0.25) is 0 Å². The summed E-state index contributed by atoms with van der Waals surface area (Å²) in [6.07, 6.45) is 0. The van der Waals surface area contributed by atoms with E-state index in [0.717, 1.165) is 12.1 Å². The molecule has 0 fully saturated rings. The van der Waals surface area contributed by atoms with Crippen LogP contribution in [0.2, 0.25) is 0 Å². The van der Waals surface area contributed by atoms with Gasteiger partial charge in [0.25, 0.3) is 0 Å². The van der Waals surface area contributed by atoms with E-state index >= 15 is 0 Å².